The van der Waals surface area contributed by atoms with Gasteiger partial charge in [0.15, 0.2) is 31.3 Å². The number of carbonyl (C=O) groups is 1. The number of carbonyl (C=O) groups excluding carboxylic acids is 1. The molecule has 0 unspecified atom stereocenters. The maximum atomic E-state index is 15.6. The number of fused-ring (bicyclic) bond motifs is 7. The van der Waals surface area contributed by atoms with Crippen molar-refractivity contribution in [3.8, 4) is 0 Å². The van der Waals surface area contributed by atoms with E-state index in [0.29, 0.717) is 38.5 Å². The zero-order valence-corrected chi connectivity index (χ0v) is 49.5. The highest BCUT2D eigenvalue weighted by Gasteiger charge is 2.74. The quantitative estimate of drug-likeness (QED) is 0.0475. The lowest BCUT2D eigenvalue weighted by Gasteiger charge is -2.72. The molecule has 5 heterocycles. The number of rotatable bonds is 13. The van der Waals surface area contributed by atoms with Crippen molar-refractivity contribution < 1.29 is 134 Å². The summed E-state index contributed by atoms with van der Waals surface area (Å²) in [6.07, 6.45) is -32.9. The number of ether oxygens (including phenoxy) is 10. The first kappa shape index (κ1) is 66.1. The highest BCUT2D eigenvalue weighted by atomic mass is 16.8. The molecule has 5 aliphatic carbocycles. The molecular weight excluding hydrogens is 1130 g/mol. The lowest BCUT2D eigenvalue weighted by molar-refractivity contribution is -0.384. The third-order valence-corrected chi connectivity index (χ3v) is 22.8. The molecule has 0 radical (unpaired) electrons. The van der Waals surface area contributed by atoms with Crippen LogP contribution in [0, 0.1) is 50.2 Å². The van der Waals surface area contributed by atoms with E-state index in [2.05, 4.69) is 33.8 Å². The molecule has 9 fully saturated rings. The Bertz CT molecular complexity index is 2400. The first-order valence-electron chi connectivity index (χ1n) is 30.2. The Balaban J connectivity index is 0.918. The summed E-state index contributed by atoms with van der Waals surface area (Å²) in [5.74, 6) is -2.00. The molecule has 5 aliphatic heterocycles. The molecule has 0 aromatic heterocycles. The van der Waals surface area contributed by atoms with Crippen LogP contribution in [-0.4, -0.2) is 274 Å². The summed E-state index contributed by atoms with van der Waals surface area (Å²) in [5, 5.41) is 177. The SMILES string of the molecule is C[C@@H]1O[C@@H](OC(=O)[C@]23CCC(C)(C)C[C@H]2C2=CC[C@@H]4[C@@]5(C)C[C@H](O)[C@H](O[C@@H]6O[C@H](CO)[C@@H](O)[C@H](O)[C@H]6O)[C@@](C)(CO)[C@@H]5[C@H](O)C[C@@]4(C)[C@]2(C)CC3)[C@H](O[C@@H]2O[C@@H](C)[C@H](O[C@@H]3OC[C@@H](O)[C@H](O)[C@H]3O)[C@@H](O[C@@H]3OC[C@](O)(CO)[C@H]3O)[C@H]2O)[C@H](O)[C@H]1O. The summed E-state index contributed by atoms with van der Waals surface area (Å²) >= 11 is 0. The number of aliphatic hydroxyl groups excluding tert-OH is 15. The number of hydrogen-bond donors (Lipinski definition) is 16. The van der Waals surface area contributed by atoms with Crippen LogP contribution in [0.1, 0.15) is 107 Å². The fourth-order valence-electron chi connectivity index (χ4n) is 17.7. The third kappa shape index (κ3) is 10.7. The Morgan fingerprint density at radius 1 is 0.588 bits per heavy atom. The predicted octanol–water partition coefficient (Wildman–Crippen LogP) is -3.96. The molecule has 0 spiro atoms. The van der Waals surface area contributed by atoms with E-state index >= 15 is 4.79 Å². The fourth-order valence-corrected chi connectivity index (χ4v) is 17.7. The second kappa shape index (κ2) is 23.7. The number of allylic oxidation sites excluding steroid dienone is 2. The van der Waals surface area contributed by atoms with Crippen LogP contribution in [0.4, 0.5) is 0 Å². The van der Waals surface area contributed by atoms with E-state index < -0.39 is 231 Å². The topological polar surface area (TPSA) is 433 Å². The Morgan fingerprint density at radius 3 is 1.88 bits per heavy atom. The summed E-state index contributed by atoms with van der Waals surface area (Å²) in [6, 6.07) is 0. The lowest BCUT2D eigenvalue weighted by Crippen LogP contribution is -2.72. The molecule has 33 atom stereocenters. The van der Waals surface area contributed by atoms with Gasteiger partial charge in [0.1, 0.15) is 85.0 Å². The van der Waals surface area contributed by atoms with Crippen LogP contribution >= 0.6 is 0 Å². The van der Waals surface area contributed by atoms with Gasteiger partial charge in [-0.2, -0.15) is 0 Å². The van der Waals surface area contributed by atoms with Gasteiger partial charge in [0, 0.05) is 11.3 Å². The molecule has 27 heteroatoms. The first-order valence-corrected chi connectivity index (χ1v) is 30.2. The van der Waals surface area contributed by atoms with Gasteiger partial charge in [0.05, 0.1) is 69.0 Å². The monoisotopic (exact) mass is 1220 g/mol. The normalized spacial score (nSPS) is 56.0. The molecule has 0 aromatic rings. The first-order chi connectivity index (χ1) is 39.7. The molecule has 0 bridgehead atoms. The van der Waals surface area contributed by atoms with Gasteiger partial charge >= 0.3 is 5.97 Å². The highest BCUT2D eigenvalue weighted by Crippen LogP contribution is 2.76. The molecular formula is C58H94O27. The van der Waals surface area contributed by atoms with Crippen molar-refractivity contribution in [3.63, 3.8) is 0 Å². The lowest BCUT2D eigenvalue weighted by atomic mass is 9.33. The minimum atomic E-state index is -2.18. The van der Waals surface area contributed by atoms with Gasteiger partial charge in [0.2, 0.25) is 6.29 Å². The molecule has 4 saturated carbocycles. The molecule has 10 rings (SSSR count). The van der Waals surface area contributed by atoms with Crippen LogP contribution in [0.2, 0.25) is 0 Å². The molecule has 27 nitrogen and oxygen atoms in total. The summed E-state index contributed by atoms with van der Waals surface area (Å²) in [5.41, 5.74) is -6.17. The van der Waals surface area contributed by atoms with E-state index in [9.17, 15) is 81.7 Å². The largest absolute Gasteiger partial charge is 0.432 e. The van der Waals surface area contributed by atoms with E-state index in [1.807, 2.05) is 6.92 Å². The molecule has 488 valence electrons. The van der Waals surface area contributed by atoms with Crippen LogP contribution in [0.15, 0.2) is 11.6 Å². The average Bonchev–Trinajstić information content (AvgIpc) is 1.02. The van der Waals surface area contributed by atoms with Gasteiger partial charge < -0.3 is 129 Å². The molecule has 85 heavy (non-hydrogen) atoms. The van der Waals surface area contributed by atoms with Crippen LogP contribution < -0.4 is 0 Å². The highest BCUT2D eigenvalue weighted by molar-refractivity contribution is 5.79. The zero-order valence-electron chi connectivity index (χ0n) is 49.5. The summed E-state index contributed by atoms with van der Waals surface area (Å²) in [6.45, 7) is 12.0. The van der Waals surface area contributed by atoms with E-state index in [4.69, 9.17) is 47.4 Å². The number of esters is 1. The minimum absolute atomic E-state index is 0.0927. The van der Waals surface area contributed by atoms with Gasteiger partial charge in [-0.3, -0.25) is 4.79 Å². The third-order valence-electron chi connectivity index (χ3n) is 22.8. The van der Waals surface area contributed by atoms with Crippen LogP contribution in [0.3, 0.4) is 0 Å². The van der Waals surface area contributed by atoms with Crippen LogP contribution in [0.25, 0.3) is 0 Å². The molecule has 10 aliphatic rings. The second-order valence-corrected chi connectivity index (χ2v) is 28.5. The summed E-state index contributed by atoms with van der Waals surface area (Å²) in [7, 11) is 0. The second-order valence-electron chi connectivity index (χ2n) is 28.5. The summed E-state index contributed by atoms with van der Waals surface area (Å²) < 4.78 is 60.2. The van der Waals surface area contributed by atoms with Crippen molar-refractivity contribution >= 4 is 5.97 Å². The van der Waals surface area contributed by atoms with Gasteiger partial charge in [-0.15, -0.1) is 0 Å². The fraction of sp³-hybridized carbons (Fsp3) is 0.948. The maximum absolute atomic E-state index is 15.6. The molecule has 0 amide bonds. The number of hydrogen-bond acceptors (Lipinski definition) is 27. The van der Waals surface area contributed by atoms with E-state index in [0.717, 1.165) is 5.57 Å². The number of aliphatic hydroxyl groups is 16. The van der Waals surface area contributed by atoms with Crippen molar-refractivity contribution in [3.05, 3.63) is 11.6 Å². The van der Waals surface area contributed by atoms with E-state index in [-0.39, 0.29) is 24.2 Å². The van der Waals surface area contributed by atoms with Crippen LogP contribution in [0.5, 0.6) is 0 Å². The van der Waals surface area contributed by atoms with Crippen molar-refractivity contribution in [2.45, 2.75) is 260 Å². The Kier molecular flexibility index (Phi) is 18.5. The van der Waals surface area contributed by atoms with Crippen molar-refractivity contribution in [1.82, 2.24) is 0 Å². The maximum Gasteiger partial charge on any atom is 0.315 e. The Hall–Kier alpha value is -1.79. The minimum Gasteiger partial charge on any atom is -0.432 e. The van der Waals surface area contributed by atoms with E-state index in [1.54, 1.807) is 6.92 Å². The molecule has 0 aromatic carbocycles. The predicted molar refractivity (Wildman–Crippen MR) is 285 cm³/mol. The van der Waals surface area contributed by atoms with Crippen molar-refractivity contribution in [2.24, 2.45) is 50.2 Å². The van der Waals surface area contributed by atoms with Gasteiger partial charge in [-0.25, -0.2) is 0 Å². The van der Waals surface area contributed by atoms with Crippen LogP contribution in [-0.2, 0) is 52.2 Å². The molecule has 5 saturated heterocycles. The standard InChI is InChI=1S/C58H94O27/c1-23-32(65)36(69)42(83-48-39(72)41(82-50-44(73)58(75,21-61)22-77-50)40(24(2)79-48)81-46-37(70)33(66)29(64)19-76-46)49(78-23)85-51(74)57-13-11-52(3,4)15-26(57)25-9-10-31-53(5)16-28(63)45(84-47-38(71)35(68)34(67)30(18-59)80-47)54(6,20-60)43(53)27(62)17-56(31,8)55(25,7)12-14-57/h9,23-24,26-50,59-73,75H,10-22H2,1-8H3/t23-,24-,26-,27+,28-,29+,30+,31+,32-,33-,34+,35-,36+,37+,38+,39+,40-,41-,42+,43+,44-,45-,46-,47-,48-,49-,50-,53+,54-,55+,56+,57-,58+/m0/s1. The summed E-state index contributed by atoms with van der Waals surface area (Å²) in [4.78, 5) is 15.6. The van der Waals surface area contributed by atoms with Crippen molar-refractivity contribution in [1.29, 1.82) is 0 Å². The molecule has 16 N–H and O–H groups in total. The Morgan fingerprint density at radius 2 is 1.22 bits per heavy atom. The zero-order chi connectivity index (χ0) is 62.2. The smallest absolute Gasteiger partial charge is 0.315 e. The van der Waals surface area contributed by atoms with Gasteiger partial charge in [-0.05, 0) is 98.7 Å². The van der Waals surface area contributed by atoms with Gasteiger partial charge in [-0.1, -0.05) is 53.2 Å². The van der Waals surface area contributed by atoms with E-state index in [1.165, 1.54) is 13.8 Å². The van der Waals surface area contributed by atoms with Crippen molar-refractivity contribution in [2.75, 3.05) is 33.0 Å². The Labute approximate surface area is 493 Å². The average molecular weight is 1220 g/mol. The van der Waals surface area contributed by atoms with Gasteiger partial charge in [0.25, 0.3) is 0 Å².